The summed E-state index contributed by atoms with van der Waals surface area (Å²) in [5.74, 6) is 1.01. The lowest BCUT2D eigenvalue weighted by Gasteiger charge is -2.24. The van der Waals surface area contributed by atoms with Gasteiger partial charge in [0.05, 0.1) is 7.11 Å². The maximum absolute atomic E-state index is 5.80. The van der Waals surface area contributed by atoms with Crippen molar-refractivity contribution in [1.82, 2.24) is 0 Å². The number of fused-ring (bicyclic) bond motifs is 7. The van der Waals surface area contributed by atoms with Gasteiger partial charge in [-0.05, 0) is 77.9 Å². The maximum atomic E-state index is 5.80. The van der Waals surface area contributed by atoms with Crippen LogP contribution in [0.25, 0.3) is 32.7 Å². The molecule has 39 heavy (non-hydrogen) atoms. The minimum atomic E-state index is -1.01. The Morgan fingerprint density at radius 2 is 1.08 bits per heavy atom. The van der Waals surface area contributed by atoms with E-state index in [0.29, 0.717) is 0 Å². The van der Waals surface area contributed by atoms with Crippen LogP contribution in [0.15, 0.2) is 121 Å². The smallest absolute Gasteiger partial charge is 0.124 e. The molecule has 0 saturated heterocycles. The molecule has 0 saturated carbocycles. The van der Waals surface area contributed by atoms with Crippen molar-refractivity contribution in [3.05, 3.63) is 132 Å². The summed E-state index contributed by atoms with van der Waals surface area (Å²) in [5.41, 5.74) is 5.84. The van der Waals surface area contributed by atoms with Crippen LogP contribution in [0.3, 0.4) is 0 Å². The predicted molar refractivity (Wildman–Crippen MR) is 171 cm³/mol. The number of benzene rings is 6. The number of methoxy groups -OCH3 is 1. The molecule has 1 aliphatic rings. The molecule has 0 fully saturated rings. The van der Waals surface area contributed by atoms with E-state index in [1.165, 1.54) is 54.2 Å². The second kappa shape index (κ2) is 10.1. The fraction of sp³-hybridized carbons (Fsp3) is 0.111. The van der Waals surface area contributed by atoms with E-state index in [2.05, 4.69) is 128 Å². The molecule has 1 radical (unpaired) electrons. The Kier molecular flexibility index (Phi) is 6.31. The van der Waals surface area contributed by atoms with Gasteiger partial charge in [0, 0.05) is 0 Å². The highest BCUT2D eigenvalue weighted by molar-refractivity contribution is 7.64. The molecule has 189 valence electrons. The summed E-state index contributed by atoms with van der Waals surface area (Å²) in [6, 6.07) is 45.1. The normalized spacial score (nSPS) is 13.3. The SMILES string of the molecule is COc1ccccc1[Si](C)c1ccccc1P1Cc2ccc3ccccc3c2-c2c(ccc3ccccc23)C1. The molecule has 6 aromatic rings. The van der Waals surface area contributed by atoms with Crippen LogP contribution in [0.4, 0.5) is 0 Å². The topological polar surface area (TPSA) is 9.23 Å². The molecule has 0 N–H and O–H groups in total. The first-order valence-electron chi connectivity index (χ1n) is 13.6. The Morgan fingerprint density at radius 1 is 0.564 bits per heavy atom. The number of hydrogen-bond acceptors (Lipinski definition) is 1. The van der Waals surface area contributed by atoms with E-state index in [4.69, 9.17) is 4.74 Å². The summed E-state index contributed by atoms with van der Waals surface area (Å²) in [4.78, 5) is 0. The van der Waals surface area contributed by atoms with Gasteiger partial charge in [0.2, 0.25) is 0 Å². The largest absolute Gasteiger partial charge is 0.497 e. The predicted octanol–water partition coefficient (Wildman–Crippen LogP) is 7.73. The minimum Gasteiger partial charge on any atom is -0.497 e. The fourth-order valence-electron chi connectivity index (χ4n) is 6.29. The molecule has 1 nitrogen and oxygen atoms in total. The van der Waals surface area contributed by atoms with E-state index in [1.807, 2.05) is 0 Å². The highest BCUT2D eigenvalue weighted by Crippen LogP contribution is 2.52. The van der Waals surface area contributed by atoms with Gasteiger partial charge in [-0.3, -0.25) is 0 Å². The lowest BCUT2D eigenvalue weighted by molar-refractivity contribution is 0.418. The molecule has 7 rings (SSSR count). The summed E-state index contributed by atoms with van der Waals surface area (Å²) in [5, 5.41) is 9.78. The lowest BCUT2D eigenvalue weighted by atomic mass is 9.88. The van der Waals surface area contributed by atoms with E-state index < -0.39 is 16.7 Å². The Bertz CT molecular complexity index is 1750. The van der Waals surface area contributed by atoms with Gasteiger partial charge in [-0.25, -0.2) is 0 Å². The second-order valence-electron chi connectivity index (χ2n) is 10.3. The molecular formula is C36H30OPSi. The van der Waals surface area contributed by atoms with Gasteiger partial charge < -0.3 is 4.74 Å². The second-order valence-corrected chi connectivity index (χ2v) is 14.9. The number of rotatable bonds is 4. The number of para-hydroxylation sites is 1. The van der Waals surface area contributed by atoms with Crippen molar-refractivity contribution in [3.63, 3.8) is 0 Å². The Hall–Kier alpha value is -3.71. The van der Waals surface area contributed by atoms with Crippen molar-refractivity contribution in [2.75, 3.05) is 7.11 Å². The molecule has 0 aromatic heterocycles. The zero-order chi connectivity index (χ0) is 26.3. The molecule has 0 unspecified atom stereocenters. The molecule has 0 bridgehead atoms. The molecule has 0 amide bonds. The van der Waals surface area contributed by atoms with E-state index >= 15 is 0 Å². The average molecular weight is 538 g/mol. The van der Waals surface area contributed by atoms with Crippen LogP contribution in [-0.2, 0) is 12.3 Å². The first-order valence-corrected chi connectivity index (χ1v) is 17.3. The molecule has 0 aliphatic carbocycles. The number of hydrogen-bond donors (Lipinski definition) is 0. The third-order valence-electron chi connectivity index (χ3n) is 8.16. The first kappa shape index (κ1) is 24.3. The first-order chi connectivity index (χ1) is 19.2. The third-order valence-corrected chi connectivity index (χ3v) is 13.4. The molecule has 3 heteroatoms. The van der Waals surface area contributed by atoms with Gasteiger partial charge >= 0.3 is 0 Å². The van der Waals surface area contributed by atoms with Crippen molar-refractivity contribution in [1.29, 1.82) is 0 Å². The van der Waals surface area contributed by atoms with Crippen molar-refractivity contribution >= 4 is 53.9 Å². The summed E-state index contributed by atoms with van der Waals surface area (Å²) in [6.45, 7) is 2.43. The van der Waals surface area contributed by atoms with Gasteiger partial charge in [-0.15, -0.1) is 0 Å². The van der Waals surface area contributed by atoms with E-state index in [9.17, 15) is 0 Å². The molecular weight excluding hydrogens is 507 g/mol. The van der Waals surface area contributed by atoms with Gasteiger partial charge in [-0.2, -0.15) is 0 Å². The van der Waals surface area contributed by atoms with Crippen LogP contribution in [0.2, 0.25) is 6.55 Å². The van der Waals surface area contributed by atoms with Crippen molar-refractivity contribution in [2.24, 2.45) is 0 Å². The Balaban J connectivity index is 1.44. The monoisotopic (exact) mass is 537 g/mol. The van der Waals surface area contributed by atoms with Crippen LogP contribution in [-0.4, -0.2) is 15.9 Å². The lowest BCUT2D eigenvalue weighted by Crippen LogP contribution is -2.46. The van der Waals surface area contributed by atoms with E-state index in [0.717, 1.165) is 18.1 Å². The summed E-state index contributed by atoms with van der Waals surface area (Å²) >= 11 is 0. The van der Waals surface area contributed by atoms with Gasteiger partial charge in [0.15, 0.2) is 0 Å². The van der Waals surface area contributed by atoms with E-state index in [1.54, 1.807) is 12.4 Å². The molecule has 0 atom stereocenters. The Morgan fingerprint density at radius 3 is 1.69 bits per heavy atom. The van der Waals surface area contributed by atoms with Crippen LogP contribution in [0.5, 0.6) is 5.75 Å². The van der Waals surface area contributed by atoms with Crippen LogP contribution in [0.1, 0.15) is 11.1 Å². The van der Waals surface area contributed by atoms with Gasteiger partial charge in [-0.1, -0.05) is 130 Å². The maximum Gasteiger partial charge on any atom is 0.124 e. The molecule has 1 heterocycles. The van der Waals surface area contributed by atoms with Crippen molar-refractivity contribution < 1.29 is 4.74 Å². The van der Waals surface area contributed by atoms with Gasteiger partial charge in [0.1, 0.15) is 14.5 Å². The zero-order valence-corrected chi connectivity index (χ0v) is 24.2. The average Bonchev–Trinajstić information content (AvgIpc) is 3.18. The van der Waals surface area contributed by atoms with Crippen LogP contribution in [0, 0.1) is 0 Å². The number of ether oxygens (including phenoxy) is 1. The zero-order valence-electron chi connectivity index (χ0n) is 22.3. The fourth-order valence-corrected chi connectivity index (χ4v) is 11.8. The molecule has 6 aromatic carbocycles. The quantitative estimate of drug-likeness (QED) is 0.165. The molecule has 1 aliphatic heterocycles. The van der Waals surface area contributed by atoms with Crippen molar-refractivity contribution in [3.8, 4) is 16.9 Å². The van der Waals surface area contributed by atoms with Crippen molar-refractivity contribution in [2.45, 2.75) is 18.9 Å². The van der Waals surface area contributed by atoms with Crippen LogP contribution >= 0.6 is 7.92 Å². The minimum absolute atomic E-state index is 0.450. The summed E-state index contributed by atoms with van der Waals surface area (Å²) in [7, 11) is 0.332. The van der Waals surface area contributed by atoms with Gasteiger partial charge in [0.25, 0.3) is 0 Å². The summed E-state index contributed by atoms with van der Waals surface area (Å²) in [6.07, 6.45) is 2.19. The third kappa shape index (κ3) is 4.20. The highest BCUT2D eigenvalue weighted by atomic mass is 31.1. The van der Waals surface area contributed by atoms with Crippen LogP contribution < -0.4 is 20.4 Å². The summed E-state index contributed by atoms with van der Waals surface area (Å²) < 4.78 is 5.80. The van der Waals surface area contributed by atoms with E-state index in [-0.39, 0.29) is 0 Å². The Labute approximate surface area is 233 Å². The highest BCUT2D eigenvalue weighted by Gasteiger charge is 2.28. The molecule has 0 spiro atoms. The standard InChI is InChI=1S/C36H30OPSi/c1-37-31-15-7-9-17-33(31)39(2)34-18-10-8-16-32(34)38-23-27-21-19-25-11-3-5-13-29(25)35(27)36-28(24-38)22-20-26-12-4-6-14-30(26)36/h3-22H,23-24H2,1-2H3.